The SMILES string of the molecule is COc1cccc2c1NC(=O)C1(CCC1)CS2. The van der Waals surface area contributed by atoms with E-state index in [1.807, 2.05) is 18.2 Å². The summed E-state index contributed by atoms with van der Waals surface area (Å²) in [6.45, 7) is 0. The smallest absolute Gasteiger partial charge is 0.231 e. The van der Waals surface area contributed by atoms with Gasteiger partial charge in [-0.05, 0) is 25.0 Å². The van der Waals surface area contributed by atoms with E-state index in [9.17, 15) is 4.79 Å². The molecule has 1 N–H and O–H groups in total. The molecular weight excluding hydrogens is 234 g/mol. The van der Waals surface area contributed by atoms with Crippen LogP contribution in [-0.2, 0) is 4.79 Å². The Morgan fingerprint density at radius 2 is 2.24 bits per heavy atom. The van der Waals surface area contributed by atoms with E-state index in [2.05, 4.69) is 5.32 Å². The van der Waals surface area contributed by atoms with Crippen molar-refractivity contribution in [3.63, 3.8) is 0 Å². The van der Waals surface area contributed by atoms with Crippen LogP contribution < -0.4 is 10.1 Å². The van der Waals surface area contributed by atoms with E-state index >= 15 is 0 Å². The highest BCUT2D eigenvalue weighted by Crippen LogP contribution is 2.50. The molecule has 90 valence electrons. The summed E-state index contributed by atoms with van der Waals surface area (Å²) < 4.78 is 5.31. The first-order valence-electron chi connectivity index (χ1n) is 5.86. The maximum atomic E-state index is 12.3. The second-order valence-electron chi connectivity index (χ2n) is 4.71. The molecule has 1 heterocycles. The molecule has 1 fully saturated rings. The third-order valence-electron chi connectivity index (χ3n) is 3.74. The minimum absolute atomic E-state index is 0.130. The molecule has 0 bridgehead atoms. The Labute approximate surface area is 105 Å². The van der Waals surface area contributed by atoms with Gasteiger partial charge < -0.3 is 10.1 Å². The molecule has 0 atom stereocenters. The summed E-state index contributed by atoms with van der Waals surface area (Å²) in [7, 11) is 1.64. The van der Waals surface area contributed by atoms with E-state index in [0.29, 0.717) is 0 Å². The van der Waals surface area contributed by atoms with Crippen LogP contribution >= 0.6 is 11.8 Å². The third-order valence-corrected chi connectivity index (χ3v) is 5.09. The normalized spacial score (nSPS) is 21.1. The van der Waals surface area contributed by atoms with Gasteiger partial charge in [0.05, 0.1) is 18.2 Å². The summed E-state index contributed by atoms with van der Waals surface area (Å²) >= 11 is 1.76. The van der Waals surface area contributed by atoms with Gasteiger partial charge in [0.15, 0.2) is 0 Å². The molecule has 17 heavy (non-hydrogen) atoms. The van der Waals surface area contributed by atoms with Gasteiger partial charge in [-0.3, -0.25) is 4.79 Å². The van der Waals surface area contributed by atoms with Crippen LogP contribution in [0.2, 0.25) is 0 Å². The largest absolute Gasteiger partial charge is 0.495 e. The van der Waals surface area contributed by atoms with E-state index in [1.54, 1.807) is 18.9 Å². The highest BCUT2D eigenvalue weighted by Gasteiger charge is 2.45. The first-order chi connectivity index (χ1) is 8.25. The van der Waals surface area contributed by atoms with Crippen LogP contribution in [0.5, 0.6) is 5.75 Å². The predicted octanol–water partition coefficient (Wildman–Crippen LogP) is 2.91. The van der Waals surface area contributed by atoms with Crippen LogP contribution in [0.15, 0.2) is 23.1 Å². The van der Waals surface area contributed by atoms with Crippen LogP contribution in [0.1, 0.15) is 19.3 Å². The van der Waals surface area contributed by atoms with Gasteiger partial charge >= 0.3 is 0 Å². The molecular formula is C13H15NO2S. The topological polar surface area (TPSA) is 38.3 Å². The lowest BCUT2D eigenvalue weighted by Crippen LogP contribution is -2.43. The molecule has 2 aliphatic rings. The monoisotopic (exact) mass is 249 g/mol. The Bertz CT molecular complexity index is 468. The number of para-hydroxylation sites is 1. The molecule has 3 rings (SSSR count). The van der Waals surface area contributed by atoms with Gasteiger partial charge in [-0.2, -0.15) is 0 Å². The number of fused-ring (bicyclic) bond motifs is 1. The number of thioether (sulfide) groups is 1. The minimum Gasteiger partial charge on any atom is -0.495 e. The maximum absolute atomic E-state index is 12.3. The van der Waals surface area contributed by atoms with E-state index in [1.165, 1.54) is 6.42 Å². The van der Waals surface area contributed by atoms with Crippen molar-refractivity contribution in [3.8, 4) is 5.75 Å². The highest BCUT2D eigenvalue weighted by atomic mass is 32.2. The van der Waals surface area contributed by atoms with Crippen molar-refractivity contribution in [3.05, 3.63) is 18.2 Å². The van der Waals surface area contributed by atoms with Crippen molar-refractivity contribution in [2.45, 2.75) is 24.2 Å². The van der Waals surface area contributed by atoms with E-state index in [0.717, 1.165) is 34.9 Å². The quantitative estimate of drug-likeness (QED) is 0.831. The molecule has 0 aromatic heterocycles. The van der Waals surface area contributed by atoms with Crippen LogP contribution in [0.4, 0.5) is 5.69 Å². The molecule has 1 aromatic rings. The van der Waals surface area contributed by atoms with Gasteiger partial charge in [0.1, 0.15) is 5.75 Å². The van der Waals surface area contributed by atoms with Crippen molar-refractivity contribution < 1.29 is 9.53 Å². The van der Waals surface area contributed by atoms with Gasteiger partial charge in [-0.25, -0.2) is 0 Å². The molecule has 3 nitrogen and oxygen atoms in total. The Balaban J connectivity index is 1.99. The number of benzene rings is 1. The molecule has 1 spiro atoms. The van der Waals surface area contributed by atoms with Crippen molar-refractivity contribution in [2.75, 3.05) is 18.2 Å². The lowest BCUT2D eigenvalue weighted by atomic mass is 9.69. The second-order valence-corrected chi connectivity index (χ2v) is 5.73. The minimum atomic E-state index is -0.130. The van der Waals surface area contributed by atoms with Gasteiger partial charge in [0, 0.05) is 10.6 Å². The second kappa shape index (κ2) is 3.95. The Kier molecular flexibility index (Phi) is 2.54. The fourth-order valence-electron chi connectivity index (χ4n) is 2.43. The summed E-state index contributed by atoms with van der Waals surface area (Å²) in [6.07, 6.45) is 3.20. The standard InChI is InChI=1S/C13H15NO2S/c1-16-9-4-2-5-10-11(9)14-12(15)13(8-17-10)6-3-7-13/h2,4-5H,3,6-8H2,1H3,(H,14,15). The maximum Gasteiger partial charge on any atom is 0.231 e. The first-order valence-corrected chi connectivity index (χ1v) is 6.85. The van der Waals surface area contributed by atoms with Crippen LogP contribution in [0.25, 0.3) is 0 Å². The molecule has 1 aliphatic heterocycles. The number of anilines is 1. The van der Waals surface area contributed by atoms with Crippen molar-refractivity contribution in [2.24, 2.45) is 5.41 Å². The van der Waals surface area contributed by atoms with E-state index < -0.39 is 0 Å². The Morgan fingerprint density at radius 3 is 2.88 bits per heavy atom. The number of methoxy groups -OCH3 is 1. The lowest BCUT2D eigenvalue weighted by Gasteiger charge is -2.38. The Morgan fingerprint density at radius 1 is 1.41 bits per heavy atom. The number of rotatable bonds is 1. The summed E-state index contributed by atoms with van der Waals surface area (Å²) in [5, 5.41) is 3.05. The fraction of sp³-hybridized carbons (Fsp3) is 0.462. The molecule has 0 unspecified atom stereocenters. The number of amides is 1. The molecule has 1 aliphatic carbocycles. The molecule has 1 aromatic carbocycles. The van der Waals surface area contributed by atoms with Gasteiger partial charge in [-0.15, -0.1) is 11.8 Å². The zero-order valence-electron chi connectivity index (χ0n) is 9.79. The van der Waals surface area contributed by atoms with Crippen LogP contribution in [0, 0.1) is 5.41 Å². The number of nitrogens with one attached hydrogen (secondary N) is 1. The van der Waals surface area contributed by atoms with Crippen LogP contribution in [0.3, 0.4) is 0 Å². The van der Waals surface area contributed by atoms with Crippen LogP contribution in [-0.4, -0.2) is 18.8 Å². The summed E-state index contributed by atoms with van der Waals surface area (Å²) in [4.78, 5) is 13.4. The highest BCUT2D eigenvalue weighted by molar-refractivity contribution is 7.99. The molecule has 1 amide bonds. The molecule has 4 heteroatoms. The molecule has 0 radical (unpaired) electrons. The summed E-state index contributed by atoms with van der Waals surface area (Å²) in [5.41, 5.74) is 0.711. The fourth-order valence-corrected chi connectivity index (χ4v) is 3.75. The summed E-state index contributed by atoms with van der Waals surface area (Å²) in [5.74, 6) is 1.80. The van der Waals surface area contributed by atoms with Crippen molar-refractivity contribution >= 4 is 23.4 Å². The summed E-state index contributed by atoms with van der Waals surface area (Å²) in [6, 6.07) is 5.90. The van der Waals surface area contributed by atoms with Crippen molar-refractivity contribution in [1.82, 2.24) is 0 Å². The van der Waals surface area contributed by atoms with E-state index in [4.69, 9.17) is 4.74 Å². The average molecular weight is 249 g/mol. The van der Waals surface area contributed by atoms with E-state index in [-0.39, 0.29) is 11.3 Å². The van der Waals surface area contributed by atoms with Gasteiger partial charge in [-0.1, -0.05) is 12.5 Å². The third kappa shape index (κ3) is 1.62. The number of hydrogen-bond acceptors (Lipinski definition) is 3. The van der Waals surface area contributed by atoms with Crippen molar-refractivity contribution in [1.29, 1.82) is 0 Å². The first kappa shape index (κ1) is 11.0. The number of ether oxygens (including phenoxy) is 1. The average Bonchev–Trinajstić information content (AvgIpc) is 2.43. The number of hydrogen-bond donors (Lipinski definition) is 1. The number of carbonyl (C=O) groups excluding carboxylic acids is 1. The molecule has 0 saturated heterocycles. The zero-order valence-corrected chi connectivity index (χ0v) is 10.6. The lowest BCUT2D eigenvalue weighted by molar-refractivity contribution is -0.128. The van der Waals surface area contributed by atoms with Gasteiger partial charge in [0.25, 0.3) is 0 Å². The Hall–Kier alpha value is -1.16. The number of carbonyl (C=O) groups is 1. The van der Waals surface area contributed by atoms with Gasteiger partial charge in [0.2, 0.25) is 5.91 Å². The predicted molar refractivity (Wildman–Crippen MR) is 68.6 cm³/mol. The zero-order chi connectivity index (χ0) is 11.9. The molecule has 1 saturated carbocycles.